The summed E-state index contributed by atoms with van der Waals surface area (Å²) in [7, 11) is 2.98. The molecular formula is C61H96O28. The van der Waals surface area contributed by atoms with E-state index in [1.54, 1.807) is 33.8 Å². The molecule has 28 nitrogen and oxygen atoms in total. The van der Waals surface area contributed by atoms with Crippen molar-refractivity contribution in [3.63, 3.8) is 0 Å². The lowest BCUT2D eigenvalue weighted by molar-refractivity contribution is -0.362. The van der Waals surface area contributed by atoms with Gasteiger partial charge in [-0.05, 0) is 102 Å². The van der Waals surface area contributed by atoms with Crippen molar-refractivity contribution in [3.05, 3.63) is 11.6 Å². The topological polar surface area (TPSA) is 395 Å². The van der Waals surface area contributed by atoms with Gasteiger partial charge in [-0.25, -0.2) is 4.79 Å². The molecule has 89 heavy (non-hydrogen) atoms. The number of aliphatic hydroxyl groups excluding tert-OH is 9. The molecule has 508 valence electrons. The Bertz CT molecular complexity index is 2420. The molecular weight excluding hydrogens is 1180 g/mol. The standard InChI is InChI=1S/C61H96O28/c1-26-52(35(64)17-42(79-26)83-31-8-13-59(25-63)33-9-12-58(5)32(30-16-41(66)77-23-30)11-15-61(58,74)34(33)10-14-60(59,73)21-31)86-43-18-36(65)53(27(2)80-43)87-44-19-37(75-6)54(28(3)81-44)88-45-20-38(76-7)55(29(4)82-45)89-57-51(72)49(70)47(68)40(85-57)24-78-56-50(71)48(69)46(67)39(22-62)84-56/h16,25-29,31-40,42-57,62,64-65,67-74H,8-15,17-24H2,1-7H3/t26-,27-,28-,29-,31+,32-,33+,34-,35+,36+,37-,38-,39-,40-,42+,43+,44+,45+,46-,47-,48+,49+,50-,51-,52-,53-,54-,55+,56-,57+,58-,59+,60+,61+/m1/s1. The number of aldehydes is 1. The van der Waals surface area contributed by atoms with Crippen LogP contribution in [0, 0.1) is 28.6 Å². The van der Waals surface area contributed by atoms with Crippen LogP contribution < -0.4 is 0 Å². The fourth-order valence-corrected chi connectivity index (χ4v) is 17.5. The Kier molecular flexibility index (Phi) is 20.8. The van der Waals surface area contributed by atoms with E-state index in [-0.39, 0.29) is 62.4 Å². The molecule has 0 aromatic carbocycles. The molecule has 10 fully saturated rings. The second kappa shape index (κ2) is 27.2. The van der Waals surface area contributed by atoms with Crippen LogP contribution in [0.5, 0.6) is 0 Å². The number of carbonyl (C=O) groups is 2. The fraction of sp³-hybridized carbons (Fsp3) is 0.934. The summed E-state index contributed by atoms with van der Waals surface area (Å²) < 4.78 is 91.0. The molecule has 0 aromatic rings. The third-order valence-electron chi connectivity index (χ3n) is 22.5. The molecule has 0 amide bonds. The maximum absolute atomic E-state index is 13.4. The van der Waals surface area contributed by atoms with Crippen molar-refractivity contribution in [3.8, 4) is 0 Å². The van der Waals surface area contributed by atoms with Crippen LogP contribution in [0.1, 0.15) is 118 Å². The van der Waals surface area contributed by atoms with Gasteiger partial charge in [0, 0.05) is 57.8 Å². The Balaban J connectivity index is 0.626. The summed E-state index contributed by atoms with van der Waals surface area (Å²) >= 11 is 0. The predicted molar refractivity (Wildman–Crippen MR) is 298 cm³/mol. The van der Waals surface area contributed by atoms with Gasteiger partial charge in [-0.3, -0.25) is 0 Å². The van der Waals surface area contributed by atoms with Crippen LogP contribution in [0.25, 0.3) is 0 Å². The highest BCUT2D eigenvalue weighted by atomic mass is 16.8. The monoisotopic (exact) mass is 1280 g/mol. The first-order chi connectivity index (χ1) is 42.3. The van der Waals surface area contributed by atoms with E-state index < -0.39 is 201 Å². The second-order valence-corrected chi connectivity index (χ2v) is 27.4. The largest absolute Gasteiger partial charge is 0.458 e. The lowest BCUT2D eigenvalue weighted by atomic mass is 9.41. The lowest BCUT2D eigenvalue weighted by Gasteiger charge is -2.65. The number of ether oxygens (including phenoxy) is 15. The molecule has 0 unspecified atom stereocenters. The molecule has 34 atom stereocenters. The minimum absolute atomic E-state index is 0.00182. The summed E-state index contributed by atoms with van der Waals surface area (Å²) in [5.74, 6) is -0.769. The maximum Gasteiger partial charge on any atom is 0.331 e. The summed E-state index contributed by atoms with van der Waals surface area (Å²) in [5, 5.41) is 121. The molecule has 0 bridgehead atoms. The number of fused-ring (bicyclic) bond motifs is 5. The highest BCUT2D eigenvalue weighted by molar-refractivity contribution is 5.85. The Morgan fingerprint density at radius 2 is 1.09 bits per heavy atom. The average molecular weight is 1280 g/mol. The van der Waals surface area contributed by atoms with Crippen molar-refractivity contribution in [2.45, 2.75) is 295 Å². The highest BCUT2D eigenvalue weighted by Gasteiger charge is 2.72. The van der Waals surface area contributed by atoms with E-state index in [0.717, 1.165) is 18.3 Å². The van der Waals surface area contributed by atoms with E-state index in [2.05, 4.69) is 6.92 Å². The van der Waals surface area contributed by atoms with Crippen molar-refractivity contribution < 1.29 is 137 Å². The molecule has 11 N–H and O–H groups in total. The number of hydrogen-bond acceptors (Lipinski definition) is 28. The third-order valence-corrected chi connectivity index (χ3v) is 22.5. The first-order valence-corrected chi connectivity index (χ1v) is 32.0. The number of carbonyl (C=O) groups excluding carboxylic acids is 2. The molecule has 0 radical (unpaired) electrons. The molecule has 7 heterocycles. The second-order valence-electron chi connectivity index (χ2n) is 27.4. The SMILES string of the molecule is CO[C@@H]1C[C@H](O[C@H]2[C@@H](O)C[C@H](O[C@H]3[C@@H](O)C[C@H](O[C@H]4CC[C@]5(C=O)[C@H]6CC[C@]7(C)[C@@H](C8=CC(=O)OC8)CC[C@]7(O)[C@@H]6CC[C@]5(O)C4)O[C@@H]3C)O[C@@H]2C)O[C@H](C)[C@H]1O[C@H]1C[C@@H](OC)[C@@H](O[C@@H]2O[C@H](CO[C@@H]3O[C@H](CO)[C@@H](O)[C@H](O)[C@H]3O)[C@@H](O)[C@H](O)[C@H]2O)[C@@H](C)O1. The van der Waals surface area contributed by atoms with E-state index >= 15 is 0 Å². The zero-order valence-corrected chi connectivity index (χ0v) is 51.6. The summed E-state index contributed by atoms with van der Waals surface area (Å²) in [6.07, 6.45) is -22.1. The van der Waals surface area contributed by atoms with Crippen molar-refractivity contribution in [2.75, 3.05) is 34.0 Å². The predicted octanol–water partition coefficient (Wildman–Crippen LogP) is -1.62. The van der Waals surface area contributed by atoms with Crippen LogP contribution in [-0.4, -0.2) is 280 Å². The van der Waals surface area contributed by atoms with Crippen molar-refractivity contribution >= 4 is 12.3 Å². The van der Waals surface area contributed by atoms with Gasteiger partial charge in [-0.2, -0.15) is 0 Å². The number of hydrogen-bond donors (Lipinski definition) is 11. The number of methoxy groups -OCH3 is 2. The molecule has 4 saturated carbocycles. The van der Waals surface area contributed by atoms with E-state index in [4.69, 9.17) is 71.1 Å². The minimum Gasteiger partial charge on any atom is -0.458 e. The molecule has 0 spiro atoms. The summed E-state index contributed by atoms with van der Waals surface area (Å²) in [6, 6.07) is 0. The first-order valence-electron chi connectivity index (χ1n) is 32.0. The first kappa shape index (κ1) is 68.3. The van der Waals surface area contributed by atoms with Gasteiger partial charge in [0.25, 0.3) is 0 Å². The summed E-state index contributed by atoms with van der Waals surface area (Å²) in [6.45, 7) is 8.10. The molecule has 7 aliphatic heterocycles. The van der Waals surface area contributed by atoms with Gasteiger partial charge in [0.2, 0.25) is 0 Å². The number of cyclic esters (lactones) is 1. The summed E-state index contributed by atoms with van der Waals surface area (Å²) in [5.41, 5.74) is -3.06. The van der Waals surface area contributed by atoms with E-state index in [1.165, 1.54) is 14.2 Å². The zero-order chi connectivity index (χ0) is 63.8. The van der Waals surface area contributed by atoms with Gasteiger partial charge < -0.3 is 132 Å². The minimum atomic E-state index is -1.78. The van der Waals surface area contributed by atoms with Crippen LogP contribution in [0.2, 0.25) is 0 Å². The highest BCUT2D eigenvalue weighted by Crippen LogP contribution is 2.70. The average Bonchev–Trinajstić information content (AvgIpc) is 1.66. The van der Waals surface area contributed by atoms with Crippen molar-refractivity contribution in [1.82, 2.24) is 0 Å². The molecule has 28 heteroatoms. The van der Waals surface area contributed by atoms with Crippen LogP contribution >= 0.6 is 0 Å². The summed E-state index contributed by atoms with van der Waals surface area (Å²) in [4.78, 5) is 25.5. The molecule has 11 aliphatic rings. The Morgan fingerprint density at radius 1 is 0.573 bits per heavy atom. The van der Waals surface area contributed by atoms with E-state index in [1.807, 2.05) is 0 Å². The van der Waals surface area contributed by atoms with Crippen molar-refractivity contribution in [1.29, 1.82) is 0 Å². The van der Waals surface area contributed by atoms with Gasteiger partial charge >= 0.3 is 5.97 Å². The quantitative estimate of drug-likeness (QED) is 0.0417. The lowest BCUT2D eigenvalue weighted by Crippen LogP contribution is -2.69. The Labute approximate surface area is 517 Å². The van der Waals surface area contributed by atoms with Crippen LogP contribution in [0.3, 0.4) is 0 Å². The zero-order valence-electron chi connectivity index (χ0n) is 51.6. The Hall–Kier alpha value is -2.12. The van der Waals surface area contributed by atoms with Gasteiger partial charge in [0.1, 0.15) is 86.1 Å². The smallest absolute Gasteiger partial charge is 0.331 e. The molecule has 4 aliphatic carbocycles. The van der Waals surface area contributed by atoms with E-state index in [9.17, 15) is 65.8 Å². The van der Waals surface area contributed by atoms with Crippen LogP contribution in [-0.2, 0) is 80.6 Å². The van der Waals surface area contributed by atoms with E-state index in [0.29, 0.717) is 44.9 Å². The van der Waals surface area contributed by atoms with Gasteiger partial charge in [-0.1, -0.05) is 6.92 Å². The van der Waals surface area contributed by atoms with Crippen molar-refractivity contribution in [2.24, 2.45) is 28.6 Å². The Morgan fingerprint density at radius 3 is 1.64 bits per heavy atom. The number of rotatable bonds is 18. The van der Waals surface area contributed by atoms with Gasteiger partial charge in [-0.15, -0.1) is 0 Å². The van der Waals surface area contributed by atoms with Gasteiger partial charge in [0.15, 0.2) is 37.7 Å². The van der Waals surface area contributed by atoms with Crippen LogP contribution in [0.4, 0.5) is 0 Å². The maximum atomic E-state index is 13.4. The normalized spacial score (nSPS) is 53.7. The third kappa shape index (κ3) is 12.7. The number of esters is 1. The fourth-order valence-electron chi connectivity index (χ4n) is 17.5. The molecule has 11 rings (SSSR count). The molecule has 0 aromatic heterocycles. The van der Waals surface area contributed by atoms with Gasteiger partial charge in [0.05, 0.1) is 84.8 Å². The molecule has 6 saturated heterocycles. The number of aliphatic hydroxyl groups is 11. The van der Waals surface area contributed by atoms with Crippen LogP contribution in [0.15, 0.2) is 11.6 Å².